The van der Waals surface area contributed by atoms with Gasteiger partial charge in [-0.25, -0.2) is 4.99 Å². The second kappa shape index (κ2) is 9.58. The topological polar surface area (TPSA) is 65.8 Å². The van der Waals surface area contributed by atoms with Gasteiger partial charge in [0.2, 0.25) is 5.91 Å². The van der Waals surface area contributed by atoms with Crippen molar-refractivity contribution in [3.8, 4) is 0 Å². The van der Waals surface area contributed by atoms with Gasteiger partial charge in [-0.1, -0.05) is 30.3 Å². The van der Waals surface area contributed by atoms with Crippen LogP contribution in [0.25, 0.3) is 0 Å². The van der Waals surface area contributed by atoms with Crippen LogP contribution in [0.4, 0.5) is 0 Å². The number of nitrogens with one attached hydrogen (secondary N) is 1. The molecule has 156 valence electrons. The lowest BCUT2D eigenvalue weighted by molar-refractivity contribution is -0.130. The number of guanidine groups is 1. The molecule has 1 fully saturated rings. The van der Waals surface area contributed by atoms with Gasteiger partial charge in [-0.2, -0.15) is 5.10 Å². The molecule has 0 bridgehead atoms. The molecule has 0 radical (unpaired) electrons. The third-order valence-electron chi connectivity index (χ3n) is 5.45. The normalized spacial score (nSPS) is 15.0. The molecular formula is C22H32N6O. The van der Waals surface area contributed by atoms with Crippen molar-refractivity contribution in [2.75, 3.05) is 32.7 Å². The van der Waals surface area contributed by atoms with E-state index in [4.69, 9.17) is 10.1 Å². The maximum Gasteiger partial charge on any atom is 0.219 e. The Morgan fingerprint density at radius 2 is 1.76 bits per heavy atom. The number of hydrogen-bond acceptors (Lipinski definition) is 3. The first kappa shape index (κ1) is 20.9. The number of benzene rings is 1. The van der Waals surface area contributed by atoms with Gasteiger partial charge in [0.25, 0.3) is 0 Å². The molecule has 0 saturated carbocycles. The number of aromatic nitrogens is 2. The third kappa shape index (κ3) is 5.16. The van der Waals surface area contributed by atoms with Gasteiger partial charge in [-0.15, -0.1) is 0 Å². The van der Waals surface area contributed by atoms with E-state index < -0.39 is 0 Å². The Kier molecular flexibility index (Phi) is 6.90. The van der Waals surface area contributed by atoms with E-state index in [1.165, 1.54) is 11.1 Å². The third-order valence-corrected chi connectivity index (χ3v) is 5.45. The van der Waals surface area contributed by atoms with Crippen LogP contribution in [-0.2, 0) is 17.9 Å². The number of aliphatic imine (C=N–C) groups is 1. The second-order valence-electron chi connectivity index (χ2n) is 7.46. The number of hydrogen-bond donors (Lipinski definition) is 1. The SMILES string of the molecule is CCNC(=NCc1c(C)nn(Cc2ccccc2)c1C)N1CCN(C(C)=O)CC1. The van der Waals surface area contributed by atoms with Crippen molar-refractivity contribution in [3.05, 3.63) is 52.8 Å². The molecule has 1 amide bonds. The number of rotatable bonds is 5. The molecule has 1 aromatic carbocycles. The molecule has 0 aliphatic carbocycles. The van der Waals surface area contributed by atoms with Crippen molar-refractivity contribution in [1.29, 1.82) is 0 Å². The molecule has 1 saturated heterocycles. The Morgan fingerprint density at radius 3 is 2.38 bits per heavy atom. The molecular weight excluding hydrogens is 364 g/mol. The molecule has 29 heavy (non-hydrogen) atoms. The highest BCUT2D eigenvalue weighted by Crippen LogP contribution is 2.16. The summed E-state index contributed by atoms with van der Waals surface area (Å²) in [5.74, 6) is 1.05. The minimum Gasteiger partial charge on any atom is -0.357 e. The molecule has 1 aliphatic heterocycles. The average Bonchev–Trinajstić information content (AvgIpc) is 2.99. The molecule has 1 N–H and O–H groups in total. The van der Waals surface area contributed by atoms with Gasteiger partial charge in [0.05, 0.1) is 18.8 Å². The van der Waals surface area contributed by atoms with Gasteiger partial charge in [-0.05, 0) is 26.3 Å². The van der Waals surface area contributed by atoms with E-state index in [9.17, 15) is 4.79 Å². The Hall–Kier alpha value is -2.83. The quantitative estimate of drug-likeness (QED) is 0.621. The molecule has 0 unspecified atom stereocenters. The molecule has 0 atom stereocenters. The minimum atomic E-state index is 0.142. The zero-order valence-electron chi connectivity index (χ0n) is 18.0. The van der Waals surface area contributed by atoms with E-state index in [2.05, 4.69) is 59.9 Å². The highest BCUT2D eigenvalue weighted by atomic mass is 16.2. The second-order valence-corrected chi connectivity index (χ2v) is 7.46. The van der Waals surface area contributed by atoms with E-state index >= 15 is 0 Å². The molecule has 0 spiro atoms. The first-order valence-corrected chi connectivity index (χ1v) is 10.3. The Bertz CT molecular complexity index is 850. The summed E-state index contributed by atoms with van der Waals surface area (Å²) in [6.45, 7) is 13.2. The van der Waals surface area contributed by atoms with Gasteiger partial charge in [0, 0.05) is 50.9 Å². The maximum atomic E-state index is 11.6. The summed E-state index contributed by atoms with van der Waals surface area (Å²) in [7, 11) is 0. The number of aryl methyl sites for hydroxylation is 1. The van der Waals surface area contributed by atoms with Crippen LogP contribution < -0.4 is 5.32 Å². The summed E-state index contributed by atoms with van der Waals surface area (Å²) >= 11 is 0. The fourth-order valence-electron chi connectivity index (χ4n) is 3.69. The summed E-state index contributed by atoms with van der Waals surface area (Å²) in [4.78, 5) is 20.6. The van der Waals surface area contributed by atoms with Crippen molar-refractivity contribution in [2.45, 2.75) is 40.8 Å². The van der Waals surface area contributed by atoms with Crippen LogP contribution in [0.15, 0.2) is 35.3 Å². The number of piperazine rings is 1. The highest BCUT2D eigenvalue weighted by Gasteiger charge is 2.21. The number of amides is 1. The molecule has 7 heteroatoms. The molecule has 2 aromatic rings. The molecule has 3 rings (SSSR count). The molecule has 7 nitrogen and oxygen atoms in total. The van der Waals surface area contributed by atoms with Gasteiger partial charge in [0.1, 0.15) is 0 Å². The van der Waals surface area contributed by atoms with Crippen molar-refractivity contribution in [3.63, 3.8) is 0 Å². The summed E-state index contributed by atoms with van der Waals surface area (Å²) < 4.78 is 2.06. The van der Waals surface area contributed by atoms with Gasteiger partial charge < -0.3 is 15.1 Å². The smallest absolute Gasteiger partial charge is 0.219 e. The van der Waals surface area contributed by atoms with Crippen LogP contribution >= 0.6 is 0 Å². The van der Waals surface area contributed by atoms with Crippen LogP contribution in [0.1, 0.15) is 36.4 Å². The van der Waals surface area contributed by atoms with Crippen molar-refractivity contribution in [2.24, 2.45) is 4.99 Å². The predicted octanol–water partition coefficient (Wildman–Crippen LogP) is 2.18. The number of carbonyl (C=O) groups is 1. The zero-order chi connectivity index (χ0) is 20.8. The van der Waals surface area contributed by atoms with Crippen LogP contribution in [-0.4, -0.2) is 64.2 Å². The van der Waals surface area contributed by atoms with Crippen LogP contribution in [0, 0.1) is 13.8 Å². The van der Waals surface area contributed by atoms with Gasteiger partial charge in [-0.3, -0.25) is 9.48 Å². The van der Waals surface area contributed by atoms with Crippen molar-refractivity contribution >= 4 is 11.9 Å². The Balaban J connectivity index is 1.72. The maximum absolute atomic E-state index is 11.6. The van der Waals surface area contributed by atoms with Crippen LogP contribution in [0.3, 0.4) is 0 Å². The van der Waals surface area contributed by atoms with Gasteiger partial charge >= 0.3 is 0 Å². The largest absolute Gasteiger partial charge is 0.357 e. The summed E-state index contributed by atoms with van der Waals surface area (Å²) in [6.07, 6.45) is 0. The van der Waals surface area contributed by atoms with Crippen molar-refractivity contribution in [1.82, 2.24) is 24.9 Å². The molecule has 1 aromatic heterocycles. The fraction of sp³-hybridized carbons (Fsp3) is 0.500. The molecule has 2 heterocycles. The lowest BCUT2D eigenvalue weighted by atomic mass is 10.2. The van der Waals surface area contributed by atoms with Crippen LogP contribution in [0.2, 0.25) is 0 Å². The standard InChI is InChI=1S/C22H32N6O/c1-5-23-22(27-13-11-26(12-14-27)19(4)29)24-15-21-17(2)25-28(18(21)3)16-20-9-7-6-8-10-20/h6-10H,5,11-16H2,1-4H3,(H,23,24). The van der Waals surface area contributed by atoms with Crippen molar-refractivity contribution < 1.29 is 4.79 Å². The highest BCUT2D eigenvalue weighted by molar-refractivity contribution is 5.80. The minimum absolute atomic E-state index is 0.142. The zero-order valence-corrected chi connectivity index (χ0v) is 18.0. The van der Waals surface area contributed by atoms with Crippen LogP contribution in [0.5, 0.6) is 0 Å². The lowest BCUT2D eigenvalue weighted by Crippen LogP contribution is -2.53. The number of carbonyl (C=O) groups excluding carboxylic acids is 1. The Morgan fingerprint density at radius 1 is 1.10 bits per heavy atom. The monoisotopic (exact) mass is 396 g/mol. The van der Waals surface area contributed by atoms with E-state index in [-0.39, 0.29) is 5.91 Å². The Labute approximate surface area is 173 Å². The first-order valence-electron chi connectivity index (χ1n) is 10.3. The molecule has 1 aliphatic rings. The van der Waals surface area contributed by atoms with E-state index in [0.717, 1.165) is 56.6 Å². The fourth-order valence-corrected chi connectivity index (χ4v) is 3.69. The summed E-state index contributed by atoms with van der Waals surface area (Å²) in [6, 6.07) is 10.4. The average molecular weight is 397 g/mol. The first-order chi connectivity index (χ1) is 14.0. The summed E-state index contributed by atoms with van der Waals surface area (Å²) in [5.41, 5.74) is 4.61. The lowest BCUT2D eigenvalue weighted by Gasteiger charge is -2.36. The van der Waals surface area contributed by atoms with E-state index in [0.29, 0.717) is 6.54 Å². The predicted molar refractivity (Wildman–Crippen MR) is 116 cm³/mol. The van der Waals surface area contributed by atoms with Gasteiger partial charge in [0.15, 0.2) is 5.96 Å². The summed E-state index contributed by atoms with van der Waals surface area (Å²) in [5, 5.41) is 8.14. The van der Waals surface area contributed by atoms with E-state index in [1.807, 2.05) is 11.0 Å². The number of nitrogens with zero attached hydrogens (tertiary/aromatic N) is 5. The van der Waals surface area contributed by atoms with E-state index in [1.54, 1.807) is 6.92 Å².